The van der Waals surface area contributed by atoms with Gasteiger partial charge >= 0.3 is 0 Å². The summed E-state index contributed by atoms with van der Waals surface area (Å²) in [6, 6.07) is 0.108. The van der Waals surface area contributed by atoms with Crippen LogP contribution in [-0.2, 0) is 0 Å². The average Bonchev–Trinajstić information content (AvgIpc) is 2.68. The summed E-state index contributed by atoms with van der Waals surface area (Å²) in [6.45, 7) is 0. The number of hydrogen-bond donors (Lipinski definition) is 1. The van der Waals surface area contributed by atoms with Crippen LogP contribution < -0.4 is 5.32 Å². The first kappa shape index (κ1) is 12.1. The monoisotopic (exact) mass is 283 g/mol. The Balaban J connectivity index is 2.49. The van der Waals surface area contributed by atoms with E-state index in [0.717, 1.165) is 0 Å². The normalized spacial score (nSPS) is 10.6. The summed E-state index contributed by atoms with van der Waals surface area (Å²) in [5.41, 5.74) is -1.00. The number of rotatable bonds is 2. The van der Waals surface area contributed by atoms with E-state index >= 15 is 0 Å². The minimum Gasteiger partial charge on any atom is -0.332 e. The lowest BCUT2D eigenvalue weighted by Gasteiger charge is -2.07. The molecule has 90 valence electrons. The maximum Gasteiger partial charge on any atom is 0.187 e. The Hall–Kier alpha value is -1.41. The molecule has 0 aliphatic rings. The second-order valence-electron chi connectivity index (χ2n) is 2.87. The molecule has 2 rings (SSSR count). The maximum absolute atomic E-state index is 13.2. The Morgan fingerprint density at radius 3 is 2.12 bits per heavy atom. The molecule has 0 aliphatic heterocycles. The number of hydrogen-bond acceptors (Lipinski definition) is 4. The van der Waals surface area contributed by atoms with Crippen LogP contribution in [0.3, 0.4) is 0 Å². The molecule has 0 saturated heterocycles. The van der Waals surface area contributed by atoms with Crippen LogP contribution in [0.2, 0.25) is 5.15 Å². The quantitative estimate of drug-likeness (QED) is 0.677. The fraction of sp³-hybridized carbons (Fsp3) is 0. The largest absolute Gasteiger partial charge is 0.332 e. The highest BCUT2D eigenvalue weighted by Crippen LogP contribution is 2.29. The summed E-state index contributed by atoms with van der Waals surface area (Å²) in [5.74, 6) is -6.35. The zero-order chi connectivity index (χ0) is 12.6. The van der Waals surface area contributed by atoms with Crippen LogP contribution in [0.5, 0.6) is 0 Å². The third kappa shape index (κ3) is 2.18. The van der Waals surface area contributed by atoms with Crippen molar-refractivity contribution in [3.05, 3.63) is 34.5 Å². The first-order valence-electron chi connectivity index (χ1n) is 4.08. The topological polar surface area (TPSA) is 37.8 Å². The predicted octanol–water partition coefficient (Wildman–Crippen LogP) is 3.49. The molecule has 0 spiro atoms. The Morgan fingerprint density at radius 1 is 1.06 bits per heavy atom. The van der Waals surface area contributed by atoms with E-state index in [2.05, 4.69) is 8.75 Å². The van der Waals surface area contributed by atoms with E-state index in [9.17, 15) is 17.6 Å². The number of aromatic nitrogens is 2. The van der Waals surface area contributed by atoms with Crippen LogP contribution in [0.15, 0.2) is 6.07 Å². The summed E-state index contributed by atoms with van der Waals surface area (Å²) in [7, 11) is 0. The molecule has 0 saturated carbocycles. The van der Waals surface area contributed by atoms with Crippen molar-refractivity contribution in [2.45, 2.75) is 0 Å². The maximum atomic E-state index is 13.2. The van der Waals surface area contributed by atoms with Gasteiger partial charge in [-0.3, -0.25) is 0 Å². The summed E-state index contributed by atoms with van der Waals surface area (Å²) in [4.78, 5) is 0. The lowest BCUT2D eigenvalue weighted by atomic mass is 10.2. The highest BCUT2D eigenvalue weighted by atomic mass is 35.5. The molecule has 1 aromatic heterocycles. The van der Waals surface area contributed by atoms with Gasteiger partial charge in [0.25, 0.3) is 0 Å². The third-order valence-electron chi connectivity index (χ3n) is 1.80. The van der Waals surface area contributed by atoms with E-state index in [1.54, 1.807) is 0 Å². The number of halogens is 5. The van der Waals surface area contributed by atoms with Gasteiger partial charge < -0.3 is 5.32 Å². The number of anilines is 2. The third-order valence-corrected chi connectivity index (χ3v) is 2.70. The van der Waals surface area contributed by atoms with Gasteiger partial charge in [0.2, 0.25) is 0 Å². The molecule has 0 bridgehead atoms. The minimum absolute atomic E-state index is 0.108. The van der Waals surface area contributed by atoms with Gasteiger partial charge in [-0.15, -0.1) is 0 Å². The van der Waals surface area contributed by atoms with E-state index in [-0.39, 0.29) is 17.0 Å². The molecular weight excluding hydrogens is 282 g/mol. The molecule has 0 amide bonds. The van der Waals surface area contributed by atoms with Crippen molar-refractivity contribution in [3.8, 4) is 0 Å². The van der Waals surface area contributed by atoms with Crippen LogP contribution in [0.4, 0.5) is 29.1 Å². The van der Waals surface area contributed by atoms with Gasteiger partial charge in [0.15, 0.2) is 34.2 Å². The van der Waals surface area contributed by atoms with E-state index in [1.807, 2.05) is 5.32 Å². The lowest BCUT2D eigenvalue weighted by molar-refractivity contribution is 0.459. The van der Waals surface area contributed by atoms with Gasteiger partial charge in [0.05, 0.1) is 11.7 Å². The van der Waals surface area contributed by atoms with Crippen molar-refractivity contribution >= 4 is 34.8 Å². The fourth-order valence-electron chi connectivity index (χ4n) is 1.05. The highest BCUT2D eigenvalue weighted by Gasteiger charge is 2.20. The predicted molar refractivity (Wildman–Crippen MR) is 54.5 cm³/mol. The van der Waals surface area contributed by atoms with Crippen molar-refractivity contribution in [2.75, 3.05) is 5.32 Å². The molecule has 0 aliphatic carbocycles. The molecule has 1 aromatic carbocycles. The lowest BCUT2D eigenvalue weighted by Crippen LogP contribution is -2.03. The van der Waals surface area contributed by atoms with Crippen LogP contribution in [0, 0.1) is 23.3 Å². The van der Waals surface area contributed by atoms with Crippen molar-refractivity contribution in [2.24, 2.45) is 0 Å². The zero-order valence-corrected chi connectivity index (χ0v) is 9.34. The van der Waals surface area contributed by atoms with Crippen molar-refractivity contribution in [1.29, 1.82) is 0 Å². The molecule has 1 heterocycles. The molecule has 0 radical (unpaired) electrons. The van der Waals surface area contributed by atoms with Gasteiger partial charge in [-0.05, 0) is 0 Å². The molecule has 9 heteroatoms. The first-order valence-corrected chi connectivity index (χ1v) is 5.19. The van der Waals surface area contributed by atoms with Crippen LogP contribution >= 0.6 is 23.3 Å². The summed E-state index contributed by atoms with van der Waals surface area (Å²) >= 11 is 6.19. The van der Waals surface area contributed by atoms with E-state index in [1.165, 1.54) is 0 Å². The second-order valence-corrected chi connectivity index (χ2v) is 3.76. The molecule has 0 fully saturated rings. The molecule has 3 nitrogen and oxygen atoms in total. The highest BCUT2D eigenvalue weighted by molar-refractivity contribution is 6.99. The van der Waals surface area contributed by atoms with Crippen molar-refractivity contribution in [1.82, 2.24) is 8.75 Å². The second kappa shape index (κ2) is 4.46. The Morgan fingerprint density at radius 2 is 1.65 bits per heavy atom. The molecule has 17 heavy (non-hydrogen) atoms. The minimum atomic E-state index is -1.56. The van der Waals surface area contributed by atoms with E-state index < -0.39 is 29.0 Å². The van der Waals surface area contributed by atoms with Crippen LogP contribution in [0.25, 0.3) is 0 Å². The standard InChI is InChI=1S/C8H2ClF4N3S/c9-7-8(16-17-15-7)14-6-4(12)2(10)1-3(11)5(6)13/h1H,(H,14,16). The Kier molecular flexibility index (Phi) is 3.16. The summed E-state index contributed by atoms with van der Waals surface area (Å²) in [5, 5.41) is 1.89. The Labute approximate surface area is 101 Å². The van der Waals surface area contributed by atoms with Gasteiger partial charge in [-0.2, -0.15) is 8.75 Å². The summed E-state index contributed by atoms with van der Waals surface area (Å²) < 4.78 is 59.3. The van der Waals surface area contributed by atoms with Crippen LogP contribution in [-0.4, -0.2) is 8.75 Å². The molecule has 0 unspecified atom stereocenters. The van der Waals surface area contributed by atoms with E-state index in [4.69, 9.17) is 11.6 Å². The first-order chi connectivity index (χ1) is 8.00. The van der Waals surface area contributed by atoms with Crippen LogP contribution in [0.1, 0.15) is 0 Å². The van der Waals surface area contributed by atoms with E-state index in [0.29, 0.717) is 11.7 Å². The molecule has 2 aromatic rings. The zero-order valence-electron chi connectivity index (χ0n) is 7.77. The Bertz CT molecular complexity index is 548. The molecule has 1 N–H and O–H groups in total. The van der Waals surface area contributed by atoms with Crippen molar-refractivity contribution < 1.29 is 17.6 Å². The number of nitrogens with one attached hydrogen (secondary N) is 1. The number of nitrogens with zero attached hydrogens (tertiary/aromatic N) is 2. The molecule has 0 atom stereocenters. The van der Waals surface area contributed by atoms with Gasteiger partial charge in [0.1, 0.15) is 5.69 Å². The van der Waals surface area contributed by atoms with Gasteiger partial charge in [-0.25, -0.2) is 17.6 Å². The smallest absolute Gasteiger partial charge is 0.187 e. The average molecular weight is 284 g/mol. The van der Waals surface area contributed by atoms with Gasteiger partial charge in [-0.1, -0.05) is 11.6 Å². The van der Waals surface area contributed by atoms with Gasteiger partial charge in [0, 0.05) is 6.07 Å². The van der Waals surface area contributed by atoms with Crippen molar-refractivity contribution in [3.63, 3.8) is 0 Å². The molecular formula is C8H2ClF4N3S. The fourth-order valence-corrected chi connectivity index (χ4v) is 1.70. The summed E-state index contributed by atoms with van der Waals surface area (Å²) in [6.07, 6.45) is 0. The number of benzene rings is 1. The SMILES string of the molecule is Fc1cc(F)c(F)c(Nc2nsnc2Cl)c1F.